The van der Waals surface area contributed by atoms with Crippen LogP contribution in [0.3, 0.4) is 0 Å². The number of likely N-dealkylation sites (tertiary alicyclic amines) is 1. The Bertz CT molecular complexity index is 655. The van der Waals surface area contributed by atoms with E-state index in [9.17, 15) is 14.0 Å². The topological polar surface area (TPSA) is 61.4 Å². The van der Waals surface area contributed by atoms with Crippen LogP contribution in [0.1, 0.15) is 43.7 Å². The molecule has 6 heteroatoms. The van der Waals surface area contributed by atoms with Crippen molar-refractivity contribution in [1.82, 2.24) is 15.5 Å². The van der Waals surface area contributed by atoms with Gasteiger partial charge in [0, 0.05) is 31.5 Å². The molecule has 2 atom stereocenters. The Balaban J connectivity index is 1.29. The summed E-state index contributed by atoms with van der Waals surface area (Å²) in [5.41, 5.74) is 0.940. The summed E-state index contributed by atoms with van der Waals surface area (Å²) in [6.45, 7) is 1.27. The Kier molecular flexibility index (Phi) is 4.36. The van der Waals surface area contributed by atoms with Gasteiger partial charge in [-0.25, -0.2) is 9.18 Å². The van der Waals surface area contributed by atoms with Crippen molar-refractivity contribution in [3.05, 3.63) is 35.6 Å². The zero-order chi connectivity index (χ0) is 17.4. The van der Waals surface area contributed by atoms with Gasteiger partial charge >= 0.3 is 6.03 Å². The largest absolute Gasteiger partial charge is 0.339 e. The molecule has 25 heavy (non-hydrogen) atoms. The summed E-state index contributed by atoms with van der Waals surface area (Å²) >= 11 is 0. The van der Waals surface area contributed by atoms with Gasteiger partial charge in [0.1, 0.15) is 5.82 Å². The van der Waals surface area contributed by atoms with Crippen molar-refractivity contribution in [2.45, 2.75) is 44.2 Å². The van der Waals surface area contributed by atoms with Gasteiger partial charge in [0.25, 0.3) is 0 Å². The summed E-state index contributed by atoms with van der Waals surface area (Å²) in [4.78, 5) is 26.2. The minimum Gasteiger partial charge on any atom is -0.339 e. The number of hydrogen-bond donors (Lipinski definition) is 2. The summed E-state index contributed by atoms with van der Waals surface area (Å²) in [6.07, 6.45) is 4.92. The third kappa shape index (κ3) is 3.94. The van der Waals surface area contributed by atoms with Gasteiger partial charge in [-0.2, -0.15) is 0 Å². The molecule has 1 aromatic rings. The molecule has 2 saturated carbocycles. The highest BCUT2D eigenvalue weighted by Gasteiger charge is 2.39. The Morgan fingerprint density at radius 1 is 1.20 bits per heavy atom. The maximum Gasteiger partial charge on any atom is 0.315 e. The highest BCUT2D eigenvalue weighted by molar-refractivity contribution is 5.79. The summed E-state index contributed by atoms with van der Waals surface area (Å²) in [6, 6.07) is 6.50. The van der Waals surface area contributed by atoms with E-state index in [0.717, 1.165) is 37.8 Å². The zero-order valence-electron chi connectivity index (χ0n) is 14.2. The number of rotatable bonds is 6. The molecule has 1 saturated heterocycles. The van der Waals surface area contributed by atoms with Gasteiger partial charge < -0.3 is 15.5 Å². The third-order valence-corrected chi connectivity index (χ3v) is 5.39. The second-order valence-electron chi connectivity index (χ2n) is 7.57. The van der Waals surface area contributed by atoms with Crippen molar-refractivity contribution < 1.29 is 14.0 Å². The Morgan fingerprint density at radius 2 is 1.92 bits per heavy atom. The number of halogens is 1. The number of nitrogens with one attached hydrogen (secondary N) is 2. The van der Waals surface area contributed by atoms with Crippen molar-refractivity contribution >= 4 is 11.9 Å². The standard InChI is InChI=1S/C19H24FN3O2/c20-15-5-3-14(4-6-15)18(13-1-2-13)22-19(25)21-10-12-9-17(24)23(11-12)16-7-8-16/h3-6,12-13,16,18H,1-2,7-11H2,(H2,21,22,25). The van der Waals surface area contributed by atoms with E-state index >= 15 is 0 Å². The van der Waals surface area contributed by atoms with E-state index < -0.39 is 0 Å². The summed E-state index contributed by atoms with van der Waals surface area (Å²) in [5.74, 6) is 0.574. The van der Waals surface area contributed by atoms with Gasteiger partial charge in [-0.05, 0) is 49.3 Å². The lowest BCUT2D eigenvalue weighted by molar-refractivity contribution is -0.128. The molecular weight excluding hydrogens is 321 g/mol. The van der Waals surface area contributed by atoms with Crippen LogP contribution in [-0.4, -0.2) is 36.0 Å². The number of carbonyl (C=O) groups is 2. The SMILES string of the molecule is O=C(NCC1CC(=O)N(C2CC2)C1)NC(c1ccc(F)cc1)C1CC1. The maximum absolute atomic E-state index is 13.1. The third-order valence-electron chi connectivity index (χ3n) is 5.39. The normalized spacial score (nSPS) is 24.3. The molecule has 134 valence electrons. The smallest absolute Gasteiger partial charge is 0.315 e. The number of amides is 3. The van der Waals surface area contributed by atoms with Crippen LogP contribution in [0.25, 0.3) is 0 Å². The van der Waals surface area contributed by atoms with E-state index in [0.29, 0.717) is 24.9 Å². The van der Waals surface area contributed by atoms with Gasteiger partial charge in [0.15, 0.2) is 0 Å². The van der Waals surface area contributed by atoms with E-state index in [4.69, 9.17) is 0 Å². The van der Waals surface area contributed by atoms with E-state index in [1.54, 1.807) is 12.1 Å². The van der Waals surface area contributed by atoms with E-state index in [1.807, 2.05) is 4.90 Å². The molecule has 2 N–H and O–H groups in total. The lowest BCUT2D eigenvalue weighted by Crippen LogP contribution is -2.41. The molecule has 5 nitrogen and oxygen atoms in total. The zero-order valence-corrected chi connectivity index (χ0v) is 14.2. The number of hydrogen-bond acceptors (Lipinski definition) is 2. The molecule has 0 bridgehead atoms. The number of nitrogens with zero attached hydrogens (tertiary/aromatic N) is 1. The fraction of sp³-hybridized carbons (Fsp3) is 0.579. The Labute approximate surface area is 147 Å². The lowest BCUT2D eigenvalue weighted by atomic mass is 10.0. The lowest BCUT2D eigenvalue weighted by Gasteiger charge is -2.20. The summed E-state index contributed by atoms with van der Waals surface area (Å²) < 4.78 is 13.1. The molecule has 1 aromatic carbocycles. The molecule has 4 rings (SSSR count). The monoisotopic (exact) mass is 345 g/mol. The predicted octanol–water partition coefficient (Wildman–Crippen LogP) is 2.59. The fourth-order valence-corrected chi connectivity index (χ4v) is 3.69. The van der Waals surface area contributed by atoms with Crippen molar-refractivity contribution in [3.63, 3.8) is 0 Å². The van der Waals surface area contributed by atoms with Crippen LogP contribution in [0.5, 0.6) is 0 Å². The minimum atomic E-state index is -0.270. The van der Waals surface area contributed by atoms with Crippen LogP contribution < -0.4 is 10.6 Å². The van der Waals surface area contributed by atoms with Crippen LogP contribution in [0.4, 0.5) is 9.18 Å². The first-order valence-electron chi connectivity index (χ1n) is 9.19. The van der Waals surface area contributed by atoms with Gasteiger partial charge in [0.05, 0.1) is 6.04 Å². The predicted molar refractivity (Wildman–Crippen MR) is 91.2 cm³/mol. The van der Waals surface area contributed by atoms with Crippen LogP contribution in [0.2, 0.25) is 0 Å². The molecular formula is C19H24FN3O2. The van der Waals surface area contributed by atoms with Crippen LogP contribution >= 0.6 is 0 Å². The maximum atomic E-state index is 13.1. The number of benzene rings is 1. The van der Waals surface area contributed by atoms with Crippen molar-refractivity contribution in [1.29, 1.82) is 0 Å². The highest BCUT2D eigenvalue weighted by Crippen LogP contribution is 2.41. The number of carbonyl (C=O) groups excluding carboxylic acids is 2. The quantitative estimate of drug-likeness (QED) is 0.832. The van der Waals surface area contributed by atoms with Crippen molar-refractivity contribution in [2.24, 2.45) is 11.8 Å². The fourth-order valence-electron chi connectivity index (χ4n) is 3.69. The van der Waals surface area contributed by atoms with Crippen molar-refractivity contribution in [2.75, 3.05) is 13.1 Å². The minimum absolute atomic E-state index is 0.0752. The first kappa shape index (κ1) is 16.4. The molecule has 3 aliphatic rings. The average molecular weight is 345 g/mol. The first-order valence-corrected chi connectivity index (χ1v) is 9.19. The van der Waals surface area contributed by atoms with Crippen LogP contribution in [0, 0.1) is 17.7 Å². The second-order valence-corrected chi connectivity index (χ2v) is 7.57. The number of urea groups is 1. The van der Waals surface area contributed by atoms with E-state index in [1.165, 1.54) is 12.1 Å². The molecule has 2 unspecified atom stereocenters. The molecule has 0 aromatic heterocycles. The van der Waals surface area contributed by atoms with Gasteiger partial charge in [0.2, 0.25) is 5.91 Å². The molecule has 3 fully saturated rings. The average Bonchev–Trinajstić information content (AvgIpc) is 3.51. The van der Waals surface area contributed by atoms with Crippen LogP contribution in [-0.2, 0) is 4.79 Å². The molecule has 1 heterocycles. The summed E-state index contributed by atoms with van der Waals surface area (Å²) in [7, 11) is 0. The van der Waals surface area contributed by atoms with Crippen molar-refractivity contribution in [3.8, 4) is 0 Å². The second kappa shape index (κ2) is 6.65. The van der Waals surface area contributed by atoms with Gasteiger partial charge in [-0.3, -0.25) is 4.79 Å². The van der Waals surface area contributed by atoms with Gasteiger partial charge in [-0.1, -0.05) is 12.1 Å². The van der Waals surface area contributed by atoms with Gasteiger partial charge in [-0.15, -0.1) is 0 Å². The molecule has 3 amide bonds. The highest BCUT2D eigenvalue weighted by atomic mass is 19.1. The Hall–Kier alpha value is -2.11. The van der Waals surface area contributed by atoms with E-state index in [2.05, 4.69) is 10.6 Å². The summed E-state index contributed by atoms with van der Waals surface area (Å²) in [5, 5.41) is 5.94. The van der Waals surface area contributed by atoms with E-state index in [-0.39, 0.29) is 29.7 Å². The van der Waals surface area contributed by atoms with Crippen LogP contribution in [0.15, 0.2) is 24.3 Å². The molecule has 2 aliphatic carbocycles. The molecule has 1 aliphatic heterocycles. The molecule has 0 radical (unpaired) electrons. The molecule has 0 spiro atoms. The Morgan fingerprint density at radius 3 is 2.56 bits per heavy atom. The first-order chi connectivity index (χ1) is 12.1.